The normalized spacial score (nSPS) is 21.1. The maximum Gasteiger partial charge on any atom is 0.220 e. The first-order valence-electron chi connectivity index (χ1n) is 9.64. The zero-order valence-corrected chi connectivity index (χ0v) is 16.0. The highest BCUT2D eigenvalue weighted by molar-refractivity contribution is 7.98. The maximum atomic E-state index is 11.9. The van der Waals surface area contributed by atoms with Gasteiger partial charge in [0.05, 0.1) is 6.10 Å². The Morgan fingerprint density at radius 3 is 2.84 bits per heavy atom. The molecule has 1 atom stereocenters. The third-order valence-corrected chi connectivity index (χ3v) is 5.87. The lowest BCUT2D eigenvalue weighted by molar-refractivity contribution is -0.121. The molecule has 1 N–H and O–H groups in total. The molecule has 3 rings (SSSR count). The molecule has 1 aromatic heterocycles. The lowest BCUT2D eigenvalue weighted by atomic mass is 10.1. The van der Waals surface area contributed by atoms with Crippen LogP contribution in [0.4, 0.5) is 0 Å². The Bertz CT molecular complexity index is 551. The Morgan fingerprint density at radius 2 is 2.12 bits per heavy atom. The molecule has 2 fully saturated rings. The molecule has 1 aliphatic carbocycles. The predicted octanol–water partition coefficient (Wildman–Crippen LogP) is 3.12. The summed E-state index contributed by atoms with van der Waals surface area (Å²) in [6, 6.07) is 0.563. The van der Waals surface area contributed by atoms with Gasteiger partial charge in [-0.2, -0.15) is 0 Å². The molecule has 7 heteroatoms. The van der Waals surface area contributed by atoms with Gasteiger partial charge in [-0.1, -0.05) is 24.6 Å². The molecule has 140 valence electrons. The van der Waals surface area contributed by atoms with E-state index in [1.165, 1.54) is 25.7 Å². The summed E-state index contributed by atoms with van der Waals surface area (Å²) in [5, 5.41) is 12.8. The molecule has 1 unspecified atom stereocenters. The van der Waals surface area contributed by atoms with Crippen molar-refractivity contribution < 1.29 is 9.53 Å². The number of ether oxygens (including phenoxy) is 1. The van der Waals surface area contributed by atoms with Gasteiger partial charge in [0.1, 0.15) is 5.82 Å². The van der Waals surface area contributed by atoms with E-state index in [4.69, 9.17) is 4.74 Å². The molecule has 0 spiro atoms. The molecule has 1 aliphatic heterocycles. The van der Waals surface area contributed by atoms with Gasteiger partial charge in [-0.25, -0.2) is 0 Å². The van der Waals surface area contributed by atoms with Crippen molar-refractivity contribution in [3.05, 3.63) is 5.82 Å². The van der Waals surface area contributed by atoms with Gasteiger partial charge >= 0.3 is 0 Å². The number of aryl methyl sites for hydroxylation is 1. The second-order valence-corrected chi connectivity index (χ2v) is 7.81. The third kappa shape index (κ3) is 5.20. The van der Waals surface area contributed by atoms with Crippen molar-refractivity contribution >= 4 is 17.7 Å². The SMILES string of the molecule is CSc1nnc(CCCNC(=O)CCC2CCCO2)n1C1CCCC1. The minimum Gasteiger partial charge on any atom is -0.378 e. The minimum absolute atomic E-state index is 0.137. The highest BCUT2D eigenvalue weighted by atomic mass is 32.2. The first-order valence-corrected chi connectivity index (χ1v) is 10.9. The zero-order valence-electron chi connectivity index (χ0n) is 15.2. The van der Waals surface area contributed by atoms with Gasteiger partial charge in [0.25, 0.3) is 0 Å². The van der Waals surface area contributed by atoms with Gasteiger partial charge in [-0.05, 0) is 44.8 Å². The standard InChI is InChI=1S/C18H30N4O2S/c1-25-18-21-20-16(22(18)14-6-2-3-7-14)9-4-12-19-17(23)11-10-15-8-5-13-24-15/h14-15H,2-13H2,1H3,(H,19,23). The number of thioether (sulfide) groups is 1. The second kappa shape index (κ2) is 9.57. The number of carbonyl (C=O) groups excluding carboxylic acids is 1. The number of carbonyl (C=O) groups is 1. The van der Waals surface area contributed by atoms with E-state index in [1.807, 2.05) is 0 Å². The Kier molecular flexibility index (Phi) is 7.16. The van der Waals surface area contributed by atoms with Crippen LogP contribution < -0.4 is 5.32 Å². The minimum atomic E-state index is 0.137. The van der Waals surface area contributed by atoms with Crippen LogP contribution in [0.2, 0.25) is 0 Å². The van der Waals surface area contributed by atoms with Crippen LogP contribution in [-0.4, -0.2) is 46.2 Å². The Labute approximate surface area is 154 Å². The first-order chi connectivity index (χ1) is 12.3. The summed E-state index contributed by atoms with van der Waals surface area (Å²) >= 11 is 1.67. The largest absolute Gasteiger partial charge is 0.378 e. The summed E-state index contributed by atoms with van der Waals surface area (Å²) in [4.78, 5) is 11.9. The number of nitrogens with zero attached hydrogens (tertiary/aromatic N) is 3. The Morgan fingerprint density at radius 1 is 1.28 bits per heavy atom. The fourth-order valence-corrected chi connectivity index (χ4v) is 4.45. The smallest absolute Gasteiger partial charge is 0.220 e. The van der Waals surface area contributed by atoms with E-state index in [1.54, 1.807) is 11.8 Å². The van der Waals surface area contributed by atoms with Crippen LogP contribution in [0.5, 0.6) is 0 Å². The van der Waals surface area contributed by atoms with Crippen LogP contribution in [0.25, 0.3) is 0 Å². The topological polar surface area (TPSA) is 69.0 Å². The van der Waals surface area contributed by atoms with Gasteiger partial charge in [-0.3, -0.25) is 4.79 Å². The second-order valence-electron chi connectivity index (χ2n) is 7.04. The van der Waals surface area contributed by atoms with Crippen LogP contribution in [0.3, 0.4) is 0 Å². The lowest BCUT2D eigenvalue weighted by Crippen LogP contribution is -2.26. The van der Waals surface area contributed by atoms with E-state index in [0.717, 1.165) is 49.7 Å². The molecule has 6 nitrogen and oxygen atoms in total. The van der Waals surface area contributed by atoms with Crippen molar-refractivity contribution in [1.29, 1.82) is 0 Å². The van der Waals surface area contributed by atoms with Crippen molar-refractivity contribution in [1.82, 2.24) is 20.1 Å². The van der Waals surface area contributed by atoms with Crippen molar-refractivity contribution in [3.8, 4) is 0 Å². The summed E-state index contributed by atoms with van der Waals surface area (Å²) in [7, 11) is 0. The number of hydrogen-bond acceptors (Lipinski definition) is 5. The van der Waals surface area contributed by atoms with Crippen molar-refractivity contribution in [3.63, 3.8) is 0 Å². The third-order valence-electron chi connectivity index (χ3n) is 5.22. The molecular formula is C18H30N4O2S. The molecule has 0 bridgehead atoms. The molecule has 0 aromatic carbocycles. The van der Waals surface area contributed by atoms with Crippen LogP contribution in [-0.2, 0) is 16.0 Å². The molecule has 2 heterocycles. The van der Waals surface area contributed by atoms with E-state index in [-0.39, 0.29) is 5.91 Å². The fourth-order valence-electron chi connectivity index (χ4n) is 3.87. The molecule has 2 aliphatic rings. The quantitative estimate of drug-likeness (QED) is 0.537. The van der Waals surface area contributed by atoms with Gasteiger partial charge in [-0.15, -0.1) is 10.2 Å². The van der Waals surface area contributed by atoms with Gasteiger partial charge < -0.3 is 14.6 Å². The van der Waals surface area contributed by atoms with Crippen molar-refractivity contribution in [2.24, 2.45) is 0 Å². The number of hydrogen-bond donors (Lipinski definition) is 1. The highest BCUT2D eigenvalue weighted by Gasteiger charge is 2.23. The highest BCUT2D eigenvalue weighted by Crippen LogP contribution is 2.33. The Balaban J connectivity index is 1.39. The molecule has 1 saturated heterocycles. The van der Waals surface area contributed by atoms with Crippen molar-refractivity contribution in [2.75, 3.05) is 19.4 Å². The van der Waals surface area contributed by atoms with Gasteiger partial charge in [0, 0.05) is 32.0 Å². The first kappa shape index (κ1) is 18.7. The van der Waals surface area contributed by atoms with Crippen LogP contribution in [0.1, 0.15) is 69.7 Å². The molecule has 25 heavy (non-hydrogen) atoms. The summed E-state index contributed by atoms with van der Waals surface area (Å²) in [5.74, 6) is 1.21. The van der Waals surface area contributed by atoms with Crippen LogP contribution in [0, 0.1) is 0 Å². The zero-order chi connectivity index (χ0) is 17.5. The average molecular weight is 367 g/mol. The predicted molar refractivity (Wildman–Crippen MR) is 98.8 cm³/mol. The summed E-state index contributed by atoms with van der Waals surface area (Å²) in [6.45, 7) is 1.56. The monoisotopic (exact) mass is 366 g/mol. The number of rotatable bonds is 9. The van der Waals surface area contributed by atoms with Gasteiger partial charge in [0.15, 0.2) is 5.16 Å². The molecule has 1 amide bonds. The van der Waals surface area contributed by atoms with E-state index in [2.05, 4.69) is 26.3 Å². The number of nitrogens with one attached hydrogen (secondary N) is 1. The molecule has 1 saturated carbocycles. The number of amides is 1. The molecular weight excluding hydrogens is 336 g/mol. The lowest BCUT2D eigenvalue weighted by Gasteiger charge is -2.16. The van der Waals surface area contributed by atoms with E-state index < -0.39 is 0 Å². The van der Waals surface area contributed by atoms with Crippen LogP contribution in [0.15, 0.2) is 5.16 Å². The van der Waals surface area contributed by atoms with Gasteiger partial charge in [0.2, 0.25) is 5.91 Å². The van der Waals surface area contributed by atoms with E-state index in [9.17, 15) is 4.79 Å². The number of aromatic nitrogens is 3. The Hall–Kier alpha value is -1.08. The fraction of sp³-hybridized carbons (Fsp3) is 0.833. The summed E-state index contributed by atoms with van der Waals surface area (Å²) < 4.78 is 7.91. The summed E-state index contributed by atoms with van der Waals surface area (Å²) in [6.07, 6.45) is 12.9. The molecule has 0 radical (unpaired) electrons. The average Bonchev–Trinajstić information content (AvgIpc) is 3.38. The van der Waals surface area contributed by atoms with Crippen molar-refractivity contribution in [2.45, 2.75) is 81.5 Å². The van der Waals surface area contributed by atoms with E-state index in [0.29, 0.717) is 25.1 Å². The maximum absolute atomic E-state index is 11.9. The van der Waals surface area contributed by atoms with Crippen LogP contribution >= 0.6 is 11.8 Å². The molecule has 1 aromatic rings. The summed E-state index contributed by atoms with van der Waals surface area (Å²) in [5.41, 5.74) is 0. The van der Waals surface area contributed by atoms with E-state index >= 15 is 0 Å².